The summed E-state index contributed by atoms with van der Waals surface area (Å²) >= 11 is 5.79. The Morgan fingerprint density at radius 1 is 1.43 bits per heavy atom. The minimum Gasteiger partial charge on any atom is -0.493 e. The third-order valence-corrected chi connectivity index (χ3v) is 3.65. The van der Waals surface area contributed by atoms with E-state index in [0.29, 0.717) is 24.1 Å². The number of nitrogens with one attached hydrogen (secondary N) is 2. The number of rotatable bonds is 5. The van der Waals surface area contributed by atoms with Crippen molar-refractivity contribution in [2.24, 2.45) is 0 Å². The maximum Gasteiger partial charge on any atom is 0.223 e. The van der Waals surface area contributed by atoms with Crippen LogP contribution in [0, 0.1) is 0 Å². The van der Waals surface area contributed by atoms with Crippen LogP contribution in [0.1, 0.15) is 26.2 Å². The lowest BCUT2D eigenvalue weighted by Gasteiger charge is -2.28. The molecule has 0 saturated carbocycles. The van der Waals surface area contributed by atoms with Crippen molar-refractivity contribution in [1.29, 1.82) is 0 Å². The van der Waals surface area contributed by atoms with Crippen LogP contribution in [0.2, 0.25) is 5.02 Å². The normalized spacial score (nSPS) is 21.2. The molecule has 2 unspecified atom stereocenters. The zero-order valence-corrected chi connectivity index (χ0v) is 13.7. The summed E-state index contributed by atoms with van der Waals surface area (Å²) < 4.78 is 5.51. The van der Waals surface area contributed by atoms with E-state index in [2.05, 4.69) is 17.6 Å². The van der Waals surface area contributed by atoms with Gasteiger partial charge in [0.1, 0.15) is 5.75 Å². The van der Waals surface area contributed by atoms with E-state index in [1.54, 1.807) is 24.3 Å². The van der Waals surface area contributed by atoms with Gasteiger partial charge < -0.3 is 15.4 Å². The molecule has 1 heterocycles. The fourth-order valence-corrected chi connectivity index (χ4v) is 2.48. The highest BCUT2D eigenvalue weighted by Gasteiger charge is 2.19. The number of ether oxygens (including phenoxy) is 1. The van der Waals surface area contributed by atoms with Gasteiger partial charge in [0.25, 0.3) is 0 Å². The van der Waals surface area contributed by atoms with Crippen LogP contribution in [0.15, 0.2) is 24.3 Å². The lowest BCUT2D eigenvalue weighted by Crippen LogP contribution is -2.46. The molecule has 118 valence electrons. The highest BCUT2D eigenvalue weighted by molar-refractivity contribution is 6.30. The van der Waals surface area contributed by atoms with Crippen LogP contribution in [0.25, 0.3) is 0 Å². The van der Waals surface area contributed by atoms with Crippen molar-refractivity contribution >= 4 is 29.9 Å². The standard InChI is InChI=1S/C15H21ClN2O2.ClH/c1-11-10-13(6-8-17-11)18-15(19)7-9-20-14-4-2-12(16)3-5-14;/h2-5,11,13,17H,6-10H2,1H3,(H,18,19);1H. The molecule has 2 atom stereocenters. The van der Waals surface area contributed by atoms with Crippen molar-refractivity contribution in [2.45, 2.75) is 38.3 Å². The van der Waals surface area contributed by atoms with E-state index >= 15 is 0 Å². The molecular weight excluding hydrogens is 311 g/mol. The second kappa shape index (κ2) is 9.13. The van der Waals surface area contributed by atoms with Gasteiger partial charge in [-0.25, -0.2) is 0 Å². The molecule has 6 heteroatoms. The van der Waals surface area contributed by atoms with Gasteiger partial charge in [-0.15, -0.1) is 12.4 Å². The molecule has 4 nitrogen and oxygen atoms in total. The fourth-order valence-electron chi connectivity index (χ4n) is 2.36. The number of halogens is 2. The smallest absolute Gasteiger partial charge is 0.223 e. The van der Waals surface area contributed by atoms with Gasteiger partial charge in [-0.1, -0.05) is 11.6 Å². The van der Waals surface area contributed by atoms with E-state index in [9.17, 15) is 4.79 Å². The van der Waals surface area contributed by atoms with E-state index in [4.69, 9.17) is 16.3 Å². The first-order chi connectivity index (χ1) is 9.63. The maximum absolute atomic E-state index is 11.8. The fraction of sp³-hybridized carbons (Fsp3) is 0.533. The molecule has 21 heavy (non-hydrogen) atoms. The number of piperidine rings is 1. The van der Waals surface area contributed by atoms with Crippen LogP contribution in [0.5, 0.6) is 5.75 Å². The van der Waals surface area contributed by atoms with Crippen LogP contribution in [-0.4, -0.2) is 31.1 Å². The molecular formula is C15H22Cl2N2O2. The molecule has 2 rings (SSSR count). The van der Waals surface area contributed by atoms with Gasteiger partial charge >= 0.3 is 0 Å². The molecule has 1 fully saturated rings. The van der Waals surface area contributed by atoms with Crippen molar-refractivity contribution < 1.29 is 9.53 Å². The summed E-state index contributed by atoms with van der Waals surface area (Å²) in [7, 11) is 0. The molecule has 0 spiro atoms. The van der Waals surface area contributed by atoms with Gasteiger partial charge in [-0.3, -0.25) is 4.79 Å². The van der Waals surface area contributed by atoms with E-state index in [0.717, 1.165) is 25.1 Å². The van der Waals surface area contributed by atoms with Crippen molar-refractivity contribution in [3.05, 3.63) is 29.3 Å². The number of benzene rings is 1. The molecule has 0 bridgehead atoms. The van der Waals surface area contributed by atoms with Crippen LogP contribution in [0.4, 0.5) is 0 Å². The minimum atomic E-state index is 0. The summed E-state index contributed by atoms with van der Waals surface area (Å²) in [6.45, 7) is 3.49. The average molecular weight is 333 g/mol. The summed E-state index contributed by atoms with van der Waals surface area (Å²) in [6.07, 6.45) is 2.36. The second-order valence-corrected chi connectivity index (χ2v) is 5.63. The molecule has 1 aromatic carbocycles. The lowest BCUT2D eigenvalue weighted by molar-refractivity contribution is -0.122. The largest absolute Gasteiger partial charge is 0.493 e. The number of hydrogen-bond donors (Lipinski definition) is 2. The van der Waals surface area contributed by atoms with Crippen LogP contribution < -0.4 is 15.4 Å². The van der Waals surface area contributed by atoms with Gasteiger partial charge in [0.05, 0.1) is 13.0 Å². The number of amides is 1. The first-order valence-corrected chi connectivity index (χ1v) is 7.42. The highest BCUT2D eigenvalue weighted by Crippen LogP contribution is 2.15. The average Bonchev–Trinajstić information content (AvgIpc) is 2.41. The van der Waals surface area contributed by atoms with Crippen LogP contribution >= 0.6 is 24.0 Å². The first kappa shape index (κ1) is 18.1. The predicted molar refractivity (Wildman–Crippen MR) is 87.4 cm³/mol. The van der Waals surface area contributed by atoms with Crippen molar-refractivity contribution in [3.8, 4) is 5.75 Å². The topological polar surface area (TPSA) is 50.4 Å². The molecule has 0 aromatic heterocycles. The number of carbonyl (C=O) groups excluding carboxylic acids is 1. The SMILES string of the molecule is CC1CC(NC(=O)CCOc2ccc(Cl)cc2)CCN1.Cl. The van der Waals surface area contributed by atoms with Gasteiger partial charge in [0, 0.05) is 17.1 Å². The molecule has 1 saturated heterocycles. The van der Waals surface area contributed by atoms with E-state index < -0.39 is 0 Å². The monoisotopic (exact) mass is 332 g/mol. The van der Waals surface area contributed by atoms with Gasteiger partial charge in [-0.05, 0) is 50.6 Å². The van der Waals surface area contributed by atoms with E-state index in [-0.39, 0.29) is 24.4 Å². The molecule has 2 N–H and O–H groups in total. The van der Waals surface area contributed by atoms with E-state index in [1.165, 1.54) is 0 Å². The lowest BCUT2D eigenvalue weighted by atomic mass is 10.0. The second-order valence-electron chi connectivity index (χ2n) is 5.20. The summed E-state index contributed by atoms with van der Waals surface area (Å²) in [6, 6.07) is 7.90. The predicted octanol–water partition coefficient (Wildman–Crippen LogP) is 2.79. The summed E-state index contributed by atoms with van der Waals surface area (Å²) in [5.41, 5.74) is 0. The van der Waals surface area contributed by atoms with Crippen molar-refractivity contribution in [1.82, 2.24) is 10.6 Å². The summed E-state index contributed by atoms with van der Waals surface area (Å²) in [5.74, 6) is 0.788. The summed E-state index contributed by atoms with van der Waals surface area (Å²) in [5, 5.41) is 7.11. The molecule has 1 amide bonds. The molecule has 1 aliphatic heterocycles. The molecule has 1 aliphatic rings. The van der Waals surface area contributed by atoms with Crippen LogP contribution in [0.3, 0.4) is 0 Å². The summed E-state index contributed by atoms with van der Waals surface area (Å²) in [4.78, 5) is 11.8. The van der Waals surface area contributed by atoms with E-state index in [1.807, 2.05) is 0 Å². The Hall–Kier alpha value is -0.970. The first-order valence-electron chi connectivity index (χ1n) is 7.04. The van der Waals surface area contributed by atoms with Gasteiger partial charge in [-0.2, -0.15) is 0 Å². The quantitative estimate of drug-likeness (QED) is 0.871. The Morgan fingerprint density at radius 2 is 2.14 bits per heavy atom. The van der Waals surface area contributed by atoms with Gasteiger partial charge in [0.2, 0.25) is 5.91 Å². The third-order valence-electron chi connectivity index (χ3n) is 3.40. The Balaban J connectivity index is 0.00000220. The van der Waals surface area contributed by atoms with Crippen molar-refractivity contribution in [2.75, 3.05) is 13.2 Å². The van der Waals surface area contributed by atoms with Crippen molar-refractivity contribution in [3.63, 3.8) is 0 Å². The number of carbonyl (C=O) groups is 1. The highest BCUT2D eigenvalue weighted by atomic mass is 35.5. The molecule has 0 radical (unpaired) electrons. The van der Waals surface area contributed by atoms with Crippen LogP contribution in [-0.2, 0) is 4.79 Å². The maximum atomic E-state index is 11.8. The Labute approximate surface area is 137 Å². The number of hydrogen-bond acceptors (Lipinski definition) is 3. The zero-order chi connectivity index (χ0) is 14.4. The molecule has 0 aliphatic carbocycles. The Morgan fingerprint density at radius 3 is 2.81 bits per heavy atom. The Bertz CT molecular complexity index is 440. The molecule has 1 aromatic rings. The Kier molecular flexibility index (Phi) is 7.86. The minimum absolute atomic E-state index is 0. The third kappa shape index (κ3) is 6.55. The van der Waals surface area contributed by atoms with Gasteiger partial charge in [0.15, 0.2) is 0 Å². The zero-order valence-electron chi connectivity index (χ0n) is 12.1.